The van der Waals surface area contributed by atoms with Gasteiger partial charge in [-0.3, -0.25) is 4.98 Å². The summed E-state index contributed by atoms with van der Waals surface area (Å²) in [4.78, 5) is 8.42. The zero-order valence-corrected chi connectivity index (χ0v) is 10.2. The summed E-state index contributed by atoms with van der Waals surface area (Å²) in [5.74, 6) is 0.768. The van der Waals surface area contributed by atoms with Gasteiger partial charge >= 0.3 is 0 Å². The van der Waals surface area contributed by atoms with E-state index >= 15 is 0 Å². The maximum Gasteiger partial charge on any atom is 0.144 e. The van der Waals surface area contributed by atoms with Crippen LogP contribution in [-0.2, 0) is 16.1 Å². The predicted octanol–water partition coefficient (Wildman–Crippen LogP) is 1.60. The predicted molar refractivity (Wildman–Crippen MR) is 64.8 cm³/mol. The molecule has 1 fully saturated rings. The summed E-state index contributed by atoms with van der Waals surface area (Å²) in [6.45, 7) is 2.01. The second-order valence-electron chi connectivity index (χ2n) is 4.15. The monoisotopic (exact) mass is 237 g/mol. The molecule has 2 heterocycles. The average Bonchev–Trinajstić information content (AvgIpc) is 2.41. The molecule has 0 saturated carbocycles. The van der Waals surface area contributed by atoms with E-state index in [0.29, 0.717) is 13.2 Å². The fourth-order valence-electron chi connectivity index (χ4n) is 1.79. The first-order valence-electron chi connectivity index (χ1n) is 6.06. The second kappa shape index (κ2) is 6.51. The SMILES string of the molecule is CNc1cnc(COCC2CCCCO2)cn1. The lowest BCUT2D eigenvalue weighted by Gasteiger charge is -2.22. The molecule has 1 aliphatic rings. The molecule has 5 heteroatoms. The summed E-state index contributed by atoms with van der Waals surface area (Å²) in [6.07, 6.45) is 7.21. The van der Waals surface area contributed by atoms with E-state index in [1.165, 1.54) is 12.8 Å². The van der Waals surface area contributed by atoms with Crippen molar-refractivity contribution < 1.29 is 9.47 Å². The third-order valence-corrected chi connectivity index (χ3v) is 2.79. The van der Waals surface area contributed by atoms with Crippen molar-refractivity contribution in [1.29, 1.82) is 0 Å². The third-order valence-electron chi connectivity index (χ3n) is 2.79. The van der Waals surface area contributed by atoms with Crippen LogP contribution in [0.15, 0.2) is 12.4 Å². The molecule has 1 aliphatic heterocycles. The number of aromatic nitrogens is 2. The largest absolute Gasteiger partial charge is 0.376 e. The quantitative estimate of drug-likeness (QED) is 0.843. The number of anilines is 1. The molecular weight excluding hydrogens is 218 g/mol. The molecule has 0 amide bonds. The van der Waals surface area contributed by atoms with Gasteiger partial charge in [0.25, 0.3) is 0 Å². The van der Waals surface area contributed by atoms with Crippen LogP contribution in [0.5, 0.6) is 0 Å². The van der Waals surface area contributed by atoms with Gasteiger partial charge in [0.05, 0.1) is 37.4 Å². The van der Waals surface area contributed by atoms with Crippen LogP contribution >= 0.6 is 0 Å². The standard InChI is InChI=1S/C12H19N3O2/c1-13-12-7-14-10(6-15-12)8-16-9-11-4-2-3-5-17-11/h6-7,11H,2-5,8-9H2,1H3,(H,13,15). The minimum atomic E-state index is 0.258. The lowest BCUT2D eigenvalue weighted by atomic mass is 10.1. The fraction of sp³-hybridized carbons (Fsp3) is 0.667. The molecule has 1 aromatic heterocycles. The minimum absolute atomic E-state index is 0.258. The Hall–Kier alpha value is -1.20. The average molecular weight is 237 g/mol. The van der Waals surface area contributed by atoms with E-state index in [9.17, 15) is 0 Å². The minimum Gasteiger partial charge on any atom is -0.376 e. The first-order chi connectivity index (χ1) is 8.38. The normalized spacial score (nSPS) is 20.2. The third kappa shape index (κ3) is 3.94. The molecule has 2 rings (SSSR count). The molecule has 1 atom stereocenters. The molecule has 0 aliphatic carbocycles. The number of nitrogens with one attached hydrogen (secondary N) is 1. The summed E-state index contributed by atoms with van der Waals surface area (Å²) < 4.78 is 11.2. The highest BCUT2D eigenvalue weighted by molar-refractivity contribution is 5.29. The van der Waals surface area contributed by atoms with Crippen LogP contribution in [0.2, 0.25) is 0 Å². The second-order valence-corrected chi connectivity index (χ2v) is 4.15. The lowest BCUT2D eigenvalue weighted by molar-refractivity contribution is -0.0453. The molecule has 0 radical (unpaired) electrons. The molecule has 94 valence electrons. The first-order valence-corrected chi connectivity index (χ1v) is 6.06. The van der Waals surface area contributed by atoms with Crippen LogP contribution < -0.4 is 5.32 Å². The Morgan fingerprint density at radius 1 is 1.41 bits per heavy atom. The van der Waals surface area contributed by atoms with E-state index in [1.807, 2.05) is 7.05 Å². The molecule has 17 heavy (non-hydrogen) atoms. The number of rotatable bonds is 5. The summed E-state index contributed by atoms with van der Waals surface area (Å²) in [5.41, 5.74) is 0.847. The van der Waals surface area contributed by atoms with Gasteiger partial charge < -0.3 is 14.8 Å². The Labute approximate surface area is 102 Å². The molecule has 5 nitrogen and oxygen atoms in total. The van der Waals surface area contributed by atoms with Gasteiger partial charge in [-0.25, -0.2) is 4.98 Å². The van der Waals surface area contributed by atoms with Crippen LogP contribution in [0.4, 0.5) is 5.82 Å². The molecule has 1 aromatic rings. The highest BCUT2D eigenvalue weighted by Crippen LogP contribution is 2.13. The van der Waals surface area contributed by atoms with Crippen molar-refractivity contribution in [3.63, 3.8) is 0 Å². The van der Waals surface area contributed by atoms with Crippen molar-refractivity contribution in [2.45, 2.75) is 32.0 Å². The van der Waals surface area contributed by atoms with Gasteiger partial charge in [0.2, 0.25) is 0 Å². The Bertz CT molecular complexity index is 323. The number of nitrogens with zero attached hydrogens (tertiary/aromatic N) is 2. The lowest BCUT2D eigenvalue weighted by Crippen LogP contribution is -2.24. The molecule has 0 bridgehead atoms. The van der Waals surface area contributed by atoms with Gasteiger partial charge in [0.1, 0.15) is 5.82 Å². The van der Waals surface area contributed by atoms with E-state index in [2.05, 4.69) is 15.3 Å². The highest BCUT2D eigenvalue weighted by Gasteiger charge is 2.13. The molecule has 0 aromatic carbocycles. The Kier molecular flexibility index (Phi) is 4.70. The first kappa shape index (κ1) is 12.3. The molecule has 0 spiro atoms. The van der Waals surface area contributed by atoms with Gasteiger partial charge in [0.15, 0.2) is 0 Å². The molecule has 1 N–H and O–H groups in total. The summed E-state index contributed by atoms with van der Waals surface area (Å²) in [5, 5.41) is 2.93. The van der Waals surface area contributed by atoms with Gasteiger partial charge in [-0.1, -0.05) is 0 Å². The van der Waals surface area contributed by atoms with E-state index in [1.54, 1.807) is 12.4 Å². The number of hydrogen-bond donors (Lipinski definition) is 1. The van der Waals surface area contributed by atoms with Crippen LogP contribution in [0, 0.1) is 0 Å². The van der Waals surface area contributed by atoms with E-state index < -0.39 is 0 Å². The van der Waals surface area contributed by atoms with Crippen molar-refractivity contribution in [3.8, 4) is 0 Å². The maximum absolute atomic E-state index is 5.58. The molecule has 1 unspecified atom stereocenters. The Balaban J connectivity index is 1.69. The van der Waals surface area contributed by atoms with Crippen molar-refractivity contribution in [2.75, 3.05) is 25.6 Å². The number of hydrogen-bond acceptors (Lipinski definition) is 5. The Morgan fingerprint density at radius 3 is 3.00 bits per heavy atom. The van der Waals surface area contributed by atoms with Crippen LogP contribution in [0.1, 0.15) is 25.0 Å². The topological polar surface area (TPSA) is 56.3 Å². The summed E-state index contributed by atoms with van der Waals surface area (Å²) in [7, 11) is 1.82. The maximum atomic E-state index is 5.58. The number of ether oxygens (including phenoxy) is 2. The molecule has 1 saturated heterocycles. The van der Waals surface area contributed by atoms with Gasteiger partial charge in [0, 0.05) is 13.7 Å². The van der Waals surface area contributed by atoms with E-state index in [4.69, 9.17) is 9.47 Å². The summed E-state index contributed by atoms with van der Waals surface area (Å²) >= 11 is 0. The van der Waals surface area contributed by atoms with Crippen LogP contribution in [-0.4, -0.2) is 36.3 Å². The zero-order chi connectivity index (χ0) is 11.9. The van der Waals surface area contributed by atoms with Crippen molar-refractivity contribution in [3.05, 3.63) is 18.1 Å². The van der Waals surface area contributed by atoms with Crippen molar-refractivity contribution in [1.82, 2.24) is 9.97 Å². The van der Waals surface area contributed by atoms with Crippen LogP contribution in [0.25, 0.3) is 0 Å². The highest BCUT2D eigenvalue weighted by atomic mass is 16.5. The smallest absolute Gasteiger partial charge is 0.144 e. The fourth-order valence-corrected chi connectivity index (χ4v) is 1.79. The van der Waals surface area contributed by atoms with Crippen LogP contribution in [0.3, 0.4) is 0 Å². The van der Waals surface area contributed by atoms with Crippen molar-refractivity contribution >= 4 is 5.82 Å². The Morgan fingerprint density at radius 2 is 2.35 bits per heavy atom. The molecular formula is C12H19N3O2. The van der Waals surface area contributed by atoms with E-state index in [-0.39, 0.29) is 6.10 Å². The van der Waals surface area contributed by atoms with Gasteiger partial charge in [-0.15, -0.1) is 0 Å². The van der Waals surface area contributed by atoms with Gasteiger partial charge in [-0.05, 0) is 19.3 Å². The van der Waals surface area contributed by atoms with Gasteiger partial charge in [-0.2, -0.15) is 0 Å². The van der Waals surface area contributed by atoms with E-state index in [0.717, 1.165) is 24.5 Å². The summed E-state index contributed by atoms with van der Waals surface area (Å²) in [6, 6.07) is 0. The van der Waals surface area contributed by atoms with Crippen molar-refractivity contribution in [2.24, 2.45) is 0 Å². The zero-order valence-electron chi connectivity index (χ0n) is 10.2.